The molecule has 0 heterocycles. The van der Waals surface area contributed by atoms with Gasteiger partial charge in [0.25, 0.3) is 0 Å². The largest absolute Gasteiger partial charge is 0.507 e. The van der Waals surface area contributed by atoms with Crippen molar-refractivity contribution in [2.24, 2.45) is 0 Å². The minimum absolute atomic E-state index is 0.0994. The van der Waals surface area contributed by atoms with Gasteiger partial charge in [0.05, 0.1) is 5.56 Å². The van der Waals surface area contributed by atoms with Gasteiger partial charge in [-0.25, -0.2) is 0 Å². The van der Waals surface area contributed by atoms with E-state index in [0.717, 1.165) is 24.7 Å². The summed E-state index contributed by atoms with van der Waals surface area (Å²) < 4.78 is 0. The van der Waals surface area contributed by atoms with Gasteiger partial charge in [-0.05, 0) is 42.4 Å². The first kappa shape index (κ1) is 16.7. The second kappa shape index (κ2) is 7.47. The van der Waals surface area contributed by atoms with Gasteiger partial charge in [-0.3, -0.25) is 4.79 Å². The van der Waals surface area contributed by atoms with Gasteiger partial charge < -0.3 is 5.11 Å². The van der Waals surface area contributed by atoms with Crippen LogP contribution in [0.1, 0.15) is 80.8 Å². The topological polar surface area (TPSA) is 37.3 Å². The predicted octanol–water partition coefficient (Wildman–Crippen LogP) is 5.15. The molecule has 1 aromatic carbocycles. The van der Waals surface area contributed by atoms with Crippen LogP contribution in [0.25, 0.3) is 0 Å². The number of benzene rings is 1. The lowest BCUT2D eigenvalue weighted by Crippen LogP contribution is -2.22. The van der Waals surface area contributed by atoms with Crippen LogP contribution in [0.2, 0.25) is 0 Å². The Morgan fingerprint density at radius 3 is 2.15 bits per heavy atom. The minimum atomic E-state index is 0.0994. The molecule has 0 saturated heterocycles. The fraction of sp³-hybridized carbons (Fsp3) is 0.611. The predicted molar refractivity (Wildman–Crippen MR) is 84.6 cm³/mol. The number of hydrogen-bond donors (Lipinski definition) is 1. The summed E-state index contributed by atoms with van der Waals surface area (Å²) in [5.74, 6) is 0.122. The molecule has 0 saturated carbocycles. The van der Waals surface area contributed by atoms with E-state index in [0.29, 0.717) is 5.56 Å². The van der Waals surface area contributed by atoms with Crippen molar-refractivity contribution < 1.29 is 9.90 Å². The van der Waals surface area contributed by atoms with Gasteiger partial charge in [0.1, 0.15) is 5.75 Å². The molecule has 1 rings (SSSR count). The summed E-state index contributed by atoms with van der Waals surface area (Å²) in [6, 6.07) is 3.92. The number of carbonyl (C=O) groups excluding carboxylic acids is 1. The number of hydrogen-bond acceptors (Lipinski definition) is 2. The standard InChI is InChI=1S/C18H28O2/c1-5-7-9-18(4,10-8-6-2)16-11-14(3)17(20)15(12-16)13-19/h11-13,20H,5-10H2,1-4H3. The van der Waals surface area contributed by atoms with Crippen LogP contribution in [-0.2, 0) is 5.41 Å². The molecule has 0 fully saturated rings. The van der Waals surface area contributed by atoms with E-state index in [1.807, 2.05) is 19.1 Å². The monoisotopic (exact) mass is 276 g/mol. The Kier molecular flexibility index (Phi) is 6.25. The molecule has 112 valence electrons. The van der Waals surface area contributed by atoms with Gasteiger partial charge in [0.2, 0.25) is 0 Å². The molecule has 0 aliphatic heterocycles. The summed E-state index contributed by atoms with van der Waals surface area (Å²) in [7, 11) is 0. The summed E-state index contributed by atoms with van der Waals surface area (Å²) >= 11 is 0. The summed E-state index contributed by atoms with van der Waals surface area (Å²) in [5, 5.41) is 9.91. The van der Waals surface area contributed by atoms with Crippen LogP contribution in [0.15, 0.2) is 12.1 Å². The molecule has 0 spiro atoms. The highest BCUT2D eigenvalue weighted by molar-refractivity contribution is 5.80. The fourth-order valence-corrected chi connectivity index (χ4v) is 2.79. The highest BCUT2D eigenvalue weighted by Gasteiger charge is 2.26. The molecule has 0 unspecified atom stereocenters. The Morgan fingerprint density at radius 1 is 1.15 bits per heavy atom. The van der Waals surface area contributed by atoms with Crippen molar-refractivity contribution in [3.63, 3.8) is 0 Å². The van der Waals surface area contributed by atoms with Crippen LogP contribution in [-0.4, -0.2) is 11.4 Å². The number of aryl methyl sites for hydroxylation is 1. The summed E-state index contributed by atoms with van der Waals surface area (Å²) in [6.07, 6.45) is 7.76. The fourth-order valence-electron chi connectivity index (χ4n) is 2.79. The third kappa shape index (κ3) is 3.84. The molecule has 0 aliphatic rings. The Hall–Kier alpha value is -1.31. The van der Waals surface area contributed by atoms with E-state index in [-0.39, 0.29) is 11.2 Å². The Morgan fingerprint density at radius 2 is 1.70 bits per heavy atom. The minimum Gasteiger partial charge on any atom is -0.507 e. The van der Waals surface area contributed by atoms with E-state index in [9.17, 15) is 9.90 Å². The number of phenols is 1. The molecule has 0 atom stereocenters. The zero-order valence-corrected chi connectivity index (χ0v) is 13.3. The summed E-state index contributed by atoms with van der Waals surface area (Å²) in [4.78, 5) is 11.1. The van der Waals surface area contributed by atoms with Crippen molar-refractivity contribution in [1.82, 2.24) is 0 Å². The first-order valence-electron chi connectivity index (χ1n) is 7.77. The second-order valence-corrected chi connectivity index (χ2v) is 6.12. The zero-order chi connectivity index (χ0) is 15.2. The average Bonchev–Trinajstić information content (AvgIpc) is 2.45. The molecular formula is C18H28O2. The second-order valence-electron chi connectivity index (χ2n) is 6.12. The highest BCUT2D eigenvalue weighted by Crippen LogP contribution is 2.37. The van der Waals surface area contributed by atoms with E-state index in [1.54, 1.807) is 0 Å². The van der Waals surface area contributed by atoms with Crippen molar-refractivity contribution in [1.29, 1.82) is 0 Å². The number of rotatable bonds is 8. The average molecular weight is 276 g/mol. The lowest BCUT2D eigenvalue weighted by molar-refractivity contribution is 0.112. The SMILES string of the molecule is CCCCC(C)(CCCC)c1cc(C)c(O)c(C=O)c1. The van der Waals surface area contributed by atoms with Crippen molar-refractivity contribution >= 4 is 6.29 Å². The van der Waals surface area contributed by atoms with E-state index >= 15 is 0 Å². The normalized spacial score (nSPS) is 11.6. The number of aromatic hydroxyl groups is 1. The van der Waals surface area contributed by atoms with Crippen LogP contribution in [0.3, 0.4) is 0 Å². The van der Waals surface area contributed by atoms with Gasteiger partial charge >= 0.3 is 0 Å². The molecule has 20 heavy (non-hydrogen) atoms. The maximum atomic E-state index is 11.1. The molecule has 0 bridgehead atoms. The number of carbonyl (C=O) groups is 1. The molecule has 0 radical (unpaired) electrons. The first-order valence-corrected chi connectivity index (χ1v) is 7.77. The van der Waals surface area contributed by atoms with Gasteiger partial charge in [0.15, 0.2) is 6.29 Å². The van der Waals surface area contributed by atoms with Crippen molar-refractivity contribution in [3.8, 4) is 5.75 Å². The smallest absolute Gasteiger partial charge is 0.153 e. The van der Waals surface area contributed by atoms with Crippen LogP contribution < -0.4 is 0 Å². The van der Waals surface area contributed by atoms with Crippen molar-refractivity contribution in [3.05, 3.63) is 28.8 Å². The summed E-state index contributed by atoms with van der Waals surface area (Å²) in [5.41, 5.74) is 2.50. The van der Waals surface area contributed by atoms with E-state index in [1.165, 1.54) is 31.2 Å². The van der Waals surface area contributed by atoms with Crippen LogP contribution in [0.5, 0.6) is 5.75 Å². The molecular weight excluding hydrogens is 248 g/mol. The van der Waals surface area contributed by atoms with Crippen LogP contribution >= 0.6 is 0 Å². The van der Waals surface area contributed by atoms with Crippen LogP contribution in [0.4, 0.5) is 0 Å². The maximum Gasteiger partial charge on any atom is 0.153 e. The molecule has 0 aliphatic carbocycles. The molecule has 2 nitrogen and oxygen atoms in total. The van der Waals surface area contributed by atoms with E-state index in [2.05, 4.69) is 20.8 Å². The third-order valence-corrected chi connectivity index (χ3v) is 4.32. The van der Waals surface area contributed by atoms with Gasteiger partial charge in [0, 0.05) is 0 Å². The molecule has 1 aromatic rings. The molecule has 0 aromatic heterocycles. The lowest BCUT2D eigenvalue weighted by atomic mass is 9.73. The highest BCUT2D eigenvalue weighted by atomic mass is 16.3. The lowest BCUT2D eigenvalue weighted by Gasteiger charge is -2.31. The Labute approximate surface area is 123 Å². The zero-order valence-electron chi connectivity index (χ0n) is 13.3. The van der Waals surface area contributed by atoms with E-state index < -0.39 is 0 Å². The van der Waals surface area contributed by atoms with Crippen molar-refractivity contribution in [2.75, 3.05) is 0 Å². The third-order valence-electron chi connectivity index (χ3n) is 4.32. The van der Waals surface area contributed by atoms with Gasteiger partial charge in [-0.1, -0.05) is 52.5 Å². The van der Waals surface area contributed by atoms with Crippen molar-refractivity contribution in [2.45, 2.75) is 71.6 Å². The quantitative estimate of drug-likeness (QED) is 0.666. The molecule has 2 heteroatoms. The summed E-state index contributed by atoms with van der Waals surface area (Å²) in [6.45, 7) is 8.57. The van der Waals surface area contributed by atoms with Gasteiger partial charge in [-0.2, -0.15) is 0 Å². The Bertz CT molecular complexity index is 441. The van der Waals surface area contributed by atoms with E-state index in [4.69, 9.17) is 0 Å². The van der Waals surface area contributed by atoms with Crippen LogP contribution in [0, 0.1) is 6.92 Å². The molecule has 1 N–H and O–H groups in total. The van der Waals surface area contributed by atoms with Gasteiger partial charge in [-0.15, -0.1) is 0 Å². The maximum absolute atomic E-state index is 11.1. The number of unbranched alkanes of at least 4 members (excludes halogenated alkanes) is 2. The molecule has 0 amide bonds. The first-order chi connectivity index (χ1) is 9.48. The Balaban J connectivity index is 3.18. The number of aldehydes is 1. The number of phenolic OH excluding ortho intramolecular Hbond substituents is 1.